The van der Waals surface area contributed by atoms with E-state index in [0.717, 1.165) is 5.56 Å². The first-order chi connectivity index (χ1) is 5.59. The third kappa shape index (κ3) is 2.61. The molecule has 1 aromatic rings. The zero-order valence-electron chi connectivity index (χ0n) is 6.28. The fraction of sp³-hybridized carbons (Fsp3) is 0.111. The first-order valence-electron chi connectivity index (χ1n) is 3.37. The predicted octanol–water partition coefficient (Wildman–Crippen LogP) is 3.88. The van der Waals surface area contributed by atoms with Gasteiger partial charge in [0.1, 0.15) is 5.82 Å². The van der Waals surface area contributed by atoms with E-state index in [1.165, 1.54) is 6.07 Å². The summed E-state index contributed by atoms with van der Waals surface area (Å²) >= 11 is 8.64. The van der Waals surface area contributed by atoms with Crippen LogP contribution >= 0.6 is 27.5 Å². The Morgan fingerprint density at radius 1 is 1.58 bits per heavy atom. The Labute approximate surface area is 84.2 Å². The molecule has 0 aliphatic heterocycles. The van der Waals surface area contributed by atoms with E-state index in [2.05, 4.69) is 22.5 Å². The Morgan fingerprint density at radius 2 is 2.25 bits per heavy atom. The molecule has 0 aliphatic rings. The Balaban J connectivity index is 2.89. The van der Waals surface area contributed by atoms with Crippen molar-refractivity contribution in [1.29, 1.82) is 0 Å². The number of benzene rings is 1. The minimum absolute atomic E-state index is 0.273. The summed E-state index contributed by atoms with van der Waals surface area (Å²) in [6, 6.07) is 4.91. The van der Waals surface area contributed by atoms with Crippen molar-refractivity contribution in [2.75, 3.05) is 0 Å². The predicted molar refractivity (Wildman–Crippen MR) is 52.8 cm³/mol. The summed E-state index contributed by atoms with van der Waals surface area (Å²) in [4.78, 5) is 0. The van der Waals surface area contributed by atoms with Gasteiger partial charge < -0.3 is 0 Å². The van der Waals surface area contributed by atoms with E-state index in [0.29, 0.717) is 15.9 Å². The maximum absolute atomic E-state index is 12.9. The van der Waals surface area contributed by atoms with Crippen molar-refractivity contribution >= 4 is 27.5 Å². The summed E-state index contributed by atoms with van der Waals surface area (Å²) in [7, 11) is 0. The number of hydrogen-bond acceptors (Lipinski definition) is 0. The van der Waals surface area contributed by atoms with E-state index in [-0.39, 0.29) is 5.82 Å². The lowest BCUT2D eigenvalue weighted by atomic mass is 10.1. The van der Waals surface area contributed by atoms with Crippen LogP contribution in [0.25, 0.3) is 0 Å². The largest absolute Gasteiger partial charge is 0.206 e. The molecule has 0 N–H and O–H groups in total. The average Bonchev–Trinajstić information content (AvgIpc) is 1.96. The molecule has 0 saturated carbocycles. The zero-order valence-corrected chi connectivity index (χ0v) is 8.62. The van der Waals surface area contributed by atoms with Crippen LogP contribution in [-0.2, 0) is 6.42 Å². The maximum Gasteiger partial charge on any atom is 0.137 e. The highest BCUT2D eigenvalue weighted by molar-refractivity contribution is 9.10. The van der Waals surface area contributed by atoms with Crippen molar-refractivity contribution < 1.29 is 4.39 Å². The van der Waals surface area contributed by atoms with Crippen molar-refractivity contribution in [3.8, 4) is 0 Å². The van der Waals surface area contributed by atoms with Gasteiger partial charge in [-0.3, -0.25) is 0 Å². The van der Waals surface area contributed by atoms with Crippen LogP contribution in [0.1, 0.15) is 5.56 Å². The average molecular weight is 250 g/mol. The first-order valence-corrected chi connectivity index (χ1v) is 4.54. The Morgan fingerprint density at radius 3 is 2.75 bits per heavy atom. The van der Waals surface area contributed by atoms with E-state index in [4.69, 9.17) is 11.6 Å². The van der Waals surface area contributed by atoms with Crippen LogP contribution < -0.4 is 0 Å². The molecule has 0 radical (unpaired) electrons. The van der Waals surface area contributed by atoms with Crippen molar-refractivity contribution in [3.63, 3.8) is 0 Å². The number of halogens is 3. The van der Waals surface area contributed by atoms with Crippen molar-refractivity contribution in [2.45, 2.75) is 6.42 Å². The van der Waals surface area contributed by atoms with Crippen LogP contribution in [0.5, 0.6) is 0 Å². The zero-order chi connectivity index (χ0) is 9.14. The fourth-order valence-corrected chi connectivity index (χ4v) is 1.27. The molecule has 1 aromatic carbocycles. The quantitative estimate of drug-likeness (QED) is 0.746. The number of hydrogen-bond donors (Lipinski definition) is 0. The minimum Gasteiger partial charge on any atom is -0.206 e. The molecule has 0 atom stereocenters. The SMILES string of the molecule is C=C(Cl)Cc1ccc(Br)c(F)c1. The molecule has 0 bridgehead atoms. The lowest BCUT2D eigenvalue weighted by Gasteiger charge is -2.00. The van der Waals surface area contributed by atoms with E-state index >= 15 is 0 Å². The summed E-state index contributed by atoms with van der Waals surface area (Å²) in [5, 5.41) is 0.511. The molecule has 0 saturated heterocycles. The third-order valence-electron chi connectivity index (χ3n) is 1.38. The molecular formula is C9H7BrClF. The molecule has 0 aromatic heterocycles. The van der Waals surface area contributed by atoms with Gasteiger partial charge in [0.25, 0.3) is 0 Å². The molecule has 0 heterocycles. The standard InChI is InChI=1S/C9H7BrClF/c1-6(11)4-7-2-3-8(10)9(12)5-7/h2-3,5H,1,4H2. The summed E-state index contributed by atoms with van der Waals surface area (Å²) in [6.07, 6.45) is 0.506. The lowest BCUT2D eigenvalue weighted by molar-refractivity contribution is 0.619. The minimum atomic E-state index is -0.273. The molecule has 0 unspecified atom stereocenters. The number of allylic oxidation sites excluding steroid dienone is 1. The highest BCUT2D eigenvalue weighted by Crippen LogP contribution is 2.18. The van der Waals surface area contributed by atoms with Gasteiger partial charge in [-0.1, -0.05) is 24.2 Å². The van der Waals surface area contributed by atoms with Gasteiger partial charge >= 0.3 is 0 Å². The molecule has 0 aliphatic carbocycles. The topological polar surface area (TPSA) is 0 Å². The van der Waals surface area contributed by atoms with Gasteiger partial charge in [-0.05, 0) is 33.6 Å². The molecule has 3 heteroatoms. The van der Waals surface area contributed by atoms with Crippen molar-refractivity contribution in [1.82, 2.24) is 0 Å². The Kier molecular flexibility index (Phi) is 3.29. The lowest BCUT2D eigenvalue weighted by Crippen LogP contribution is -1.86. The molecule has 0 nitrogen and oxygen atoms in total. The maximum atomic E-state index is 12.9. The van der Waals surface area contributed by atoms with E-state index in [9.17, 15) is 4.39 Å². The van der Waals surface area contributed by atoms with Crippen molar-refractivity contribution in [2.24, 2.45) is 0 Å². The van der Waals surface area contributed by atoms with Crippen LogP contribution in [0, 0.1) is 5.82 Å². The molecule has 0 amide bonds. The first kappa shape index (κ1) is 9.75. The van der Waals surface area contributed by atoms with Gasteiger partial charge in [0.15, 0.2) is 0 Å². The molecule has 0 spiro atoms. The van der Waals surface area contributed by atoms with Gasteiger partial charge in [0.05, 0.1) is 4.47 Å². The van der Waals surface area contributed by atoms with Gasteiger partial charge in [-0.25, -0.2) is 4.39 Å². The van der Waals surface area contributed by atoms with Gasteiger partial charge in [0, 0.05) is 11.5 Å². The third-order valence-corrected chi connectivity index (χ3v) is 2.16. The Bertz CT molecular complexity index is 309. The molecule has 0 fully saturated rings. The van der Waals surface area contributed by atoms with Crippen LogP contribution in [-0.4, -0.2) is 0 Å². The van der Waals surface area contributed by atoms with Crippen LogP contribution in [0.2, 0.25) is 0 Å². The second-order valence-corrected chi connectivity index (χ2v) is 3.83. The molecule has 12 heavy (non-hydrogen) atoms. The number of rotatable bonds is 2. The second kappa shape index (κ2) is 4.06. The molecule has 64 valence electrons. The summed E-state index contributed by atoms with van der Waals surface area (Å²) < 4.78 is 13.4. The highest BCUT2D eigenvalue weighted by Gasteiger charge is 2.00. The smallest absolute Gasteiger partial charge is 0.137 e. The van der Waals surface area contributed by atoms with Crippen molar-refractivity contribution in [3.05, 3.63) is 45.7 Å². The second-order valence-electron chi connectivity index (χ2n) is 2.44. The van der Waals surface area contributed by atoms with E-state index < -0.39 is 0 Å². The summed E-state index contributed by atoms with van der Waals surface area (Å²) in [6.45, 7) is 3.53. The fourth-order valence-electron chi connectivity index (χ4n) is 0.871. The highest BCUT2D eigenvalue weighted by atomic mass is 79.9. The summed E-state index contributed by atoms with van der Waals surface area (Å²) in [5.74, 6) is -0.273. The van der Waals surface area contributed by atoms with Crippen LogP contribution in [0.3, 0.4) is 0 Å². The molecule has 1 rings (SSSR count). The van der Waals surface area contributed by atoms with E-state index in [1.54, 1.807) is 12.1 Å². The molecular weight excluding hydrogens is 242 g/mol. The van der Waals surface area contributed by atoms with Gasteiger partial charge in [0.2, 0.25) is 0 Å². The summed E-state index contributed by atoms with van der Waals surface area (Å²) in [5.41, 5.74) is 0.829. The monoisotopic (exact) mass is 248 g/mol. The normalized spacial score (nSPS) is 9.92. The van der Waals surface area contributed by atoms with Gasteiger partial charge in [-0.2, -0.15) is 0 Å². The van der Waals surface area contributed by atoms with Gasteiger partial charge in [-0.15, -0.1) is 0 Å². The van der Waals surface area contributed by atoms with Crippen LogP contribution in [0.4, 0.5) is 4.39 Å². The van der Waals surface area contributed by atoms with Crippen LogP contribution in [0.15, 0.2) is 34.3 Å². The Hall–Kier alpha value is -0.340. The van der Waals surface area contributed by atoms with E-state index in [1.807, 2.05) is 0 Å².